The summed E-state index contributed by atoms with van der Waals surface area (Å²) in [5.41, 5.74) is 5.10. The van der Waals surface area contributed by atoms with Crippen LogP contribution in [0.1, 0.15) is 13.3 Å². The second-order valence-electron chi connectivity index (χ2n) is 2.87. The quantitative estimate of drug-likeness (QED) is 0.569. The molecular weight excluding hydrogens is 188 g/mol. The molecule has 80 valence electrons. The summed E-state index contributed by atoms with van der Waals surface area (Å²) in [6.45, 7) is 2.47. The van der Waals surface area contributed by atoms with Gasteiger partial charge in [0.25, 0.3) is 0 Å². The van der Waals surface area contributed by atoms with Gasteiger partial charge in [-0.2, -0.15) is 0 Å². The molecule has 0 aromatic carbocycles. The summed E-state index contributed by atoms with van der Waals surface area (Å²) in [5.74, 6) is -0.538. The van der Waals surface area contributed by atoms with E-state index in [1.807, 2.05) is 0 Å². The second-order valence-corrected chi connectivity index (χ2v) is 2.87. The number of amides is 1. The SMILES string of the molecule is CCOC(=O)COC1CNNC(=O)C1. The predicted octanol–water partition coefficient (Wildman–Crippen LogP) is -1.04. The number of rotatable bonds is 4. The third-order valence-electron chi connectivity index (χ3n) is 1.71. The number of ether oxygens (including phenoxy) is 2. The van der Waals surface area contributed by atoms with Crippen molar-refractivity contribution in [3.05, 3.63) is 0 Å². The van der Waals surface area contributed by atoms with Crippen LogP contribution in [-0.2, 0) is 19.1 Å². The van der Waals surface area contributed by atoms with E-state index < -0.39 is 5.97 Å². The summed E-state index contributed by atoms with van der Waals surface area (Å²) >= 11 is 0. The van der Waals surface area contributed by atoms with Gasteiger partial charge in [0.1, 0.15) is 6.61 Å². The molecule has 0 aromatic rings. The van der Waals surface area contributed by atoms with Crippen LogP contribution in [0.3, 0.4) is 0 Å². The maximum atomic E-state index is 10.9. The predicted molar refractivity (Wildman–Crippen MR) is 47.1 cm³/mol. The Balaban J connectivity index is 2.17. The summed E-state index contributed by atoms with van der Waals surface area (Å²) in [7, 11) is 0. The van der Waals surface area contributed by atoms with Crippen molar-refractivity contribution in [3.8, 4) is 0 Å². The Bertz CT molecular complexity index is 219. The van der Waals surface area contributed by atoms with Gasteiger partial charge in [0.2, 0.25) is 5.91 Å². The topological polar surface area (TPSA) is 76.7 Å². The minimum atomic E-state index is -0.404. The van der Waals surface area contributed by atoms with E-state index in [0.717, 1.165) is 0 Å². The van der Waals surface area contributed by atoms with Crippen LogP contribution < -0.4 is 10.9 Å². The van der Waals surface area contributed by atoms with E-state index in [4.69, 9.17) is 4.74 Å². The third-order valence-corrected chi connectivity index (χ3v) is 1.71. The third kappa shape index (κ3) is 3.71. The molecule has 1 atom stereocenters. The highest BCUT2D eigenvalue weighted by atomic mass is 16.6. The van der Waals surface area contributed by atoms with Gasteiger partial charge in [-0.3, -0.25) is 10.2 Å². The lowest BCUT2D eigenvalue weighted by Gasteiger charge is -2.22. The lowest BCUT2D eigenvalue weighted by atomic mass is 10.2. The summed E-state index contributed by atoms with van der Waals surface area (Å²) < 4.78 is 9.84. The number of nitrogens with one attached hydrogen (secondary N) is 2. The molecule has 0 aliphatic carbocycles. The van der Waals surface area contributed by atoms with Gasteiger partial charge >= 0.3 is 5.97 Å². The van der Waals surface area contributed by atoms with Crippen LogP contribution in [0.15, 0.2) is 0 Å². The first-order chi connectivity index (χ1) is 6.72. The van der Waals surface area contributed by atoms with Crippen LogP contribution in [0.5, 0.6) is 0 Å². The number of hydrogen-bond donors (Lipinski definition) is 2. The van der Waals surface area contributed by atoms with Gasteiger partial charge in [-0.05, 0) is 6.92 Å². The minimum absolute atomic E-state index is 0.104. The van der Waals surface area contributed by atoms with E-state index in [9.17, 15) is 9.59 Å². The molecule has 0 bridgehead atoms. The van der Waals surface area contributed by atoms with E-state index in [0.29, 0.717) is 13.2 Å². The van der Waals surface area contributed by atoms with Gasteiger partial charge in [-0.25, -0.2) is 10.2 Å². The molecule has 1 fully saturated rings. The van der Waals surface area contributed by atoms with E-state index in [1.165, 1.54) is 0 Å². The van der Waals surface area contributed by atoms with Crippen molar-refractivity contribution in [1.29, 1.82) is 0 Å². The molecule has 6 nitrogen and oxygen atoms in total. The Morgan fingerprint density at radius 1 is 1.64 bits per heavy atom. The fourth-order valence-corrected chi connectivity index (χ4v) is 1.10. The lowest BCUT2D eigenvalue weighted by Crippen LogP contribution is -2.50. The molecular formula is C8H14N2O4. The maximum absolute atomic E-state index is 10.9. The highest BCUT2D eigenvalue weighted by Crippen LogP contribution is 2.00. The van der Waals surface area contributed by atoms with Crippen molar-refractivity contribution >= 4 is 11.9 Å². The smallest absolute Gasteiger partial charge is 0.332 e. The van der Waals surface area contributed by atoms with Crippen molar-refractivity contribution in [3.63, 3.8) is 0 Å². The van der Waals surface area contributed by atoms with Crippen molar-refractivity contribution in [2.45, 2.75) is 19.4 Å². The van der Waals surface area contributed by atoms with E-state index in [1.54, 1.807) is 6.92 Å². The first-order valence-corrected chi connectivity index (χ1v) is 4.51. The average molecular weight is 202 g/mol. The number of esters is 1. The number of hydrazine groups is 1. The molecule has 0 aromatic heterocycles. The first-order valence-electron chi connectivity index (χ1n) is 4.51. The summed E-state index contributed by atoms with van der Waals surface area (Å²) in [6, 6.07) is 0. The van der Waals surface area contributed by atoms with Crippen LogP contribution in [0.4, 0.5) is 0 Å². The van der Waals surface area contributed by atoms with Crippen LogP contribution in [0, 0.1) is 0 Å². The van der Waals surface area contributed by atoms with Crippen LogP contribution in [0.25, 0.3) is 0 Å². The van der Waals surface area contributed by atoms with Crippen LogP contribution in [-0.4, -0.2) is 37.7 Å². The van der Waals surface area contributed by atoms with Crippen molar-refractivity contribution in [2.24, 2.45) is 0 Å². The highest BCUT2D eigenvalue weighted by molar-refractivity contribution is 5.76. The fraction of sp³-hybridized carbons (Fsp3) is 0.750. The van der Waals surface area contributed by atoms with Gasteiger partial charge in [0, 0.05) is 6.54 Å². The van der Waals surface area contributed by atoms with Crippen molar-refractivity contribution in [1.82, 2.24) is 10.9 Å². The highest BCUT2D eigenvalue weighted by Gasteiger charge is 2.20. The number of carbonyl (C=O) groups excluding carboxylic acids is 2. The Kier molecular flexibility index (Phi) is 4.34. The zero-order valence-corrected chi connectivity index (χ0v) is 8.04. The van der Waals surface area contributed by atoms with E-state index in [-0.39, 0.29) is 25.0 Å². The van der Waals surface area contributed by atoms with Crippen molar-refractivity contribution < 1.29 is 19.1 Å². The Labute approximate surface area is 81.9 Å². The van der Waals surface area contributed by atoms with Gasteiger partial charge in [0.15, 0.2) is 0 Å². The number of hydrogen-bond acceptors (Lipinski definition) is 5. The van der Waals surface area contributed by atoms with Gasteiger partial charge in [0.05, 0.1) is 19.1 Å². The van der Waals surface area contributed by atoms with Crippen LogP contribution >= 0.6 is 0 Å². The number of carbonyl (C=O) groups is 2. The Morgan fingerprint density at radius 2 is 2.43 bits per heavy atom. The largest absolute Gasteiger partial charge is 0.464 e. The zero-order chi connectivity index (χ0) is 10.4. The van der Waals surface area contributed by atoms with E-state index in [2.05, 4.69) is 15.6 Å². The van der Waals surface area contributed by atoms with Gasteiger partial charge < -0.3 is 9.47 Å². The molecule has 2 N–H and O–H groups in total. The summed E-state index contributed by atoms with van der Waals surface area (Å²) in [5, 5.41) is 0. The van der Waals surface area contributed by atoms with Gasteiger partial charge in [-0.15, -0.1) is 0 Å². The molecule has 1 rings (SSSR count). The molecule has 0 radical (unpaired) electrons. The molecule has 1 unspecified atom stereocenters. The average Bonchev–Trinajstić information content (AvgIpc) is 2.15. The zero-order valence-electron chi connectivity index (χ0n) is 8.04. The fourth-order valence-electron chi connectivity index (χ4n) is 1.10. The van der Waals surface area contributed by atoms with E-state index >= 15 is 0 Å². The molecule has 1 heterocycles. The maximum Gasteiger partial charge on any atom is 0.332 e. The molecule has 14 heavy (non-hydrogen) atoms. The Hall–Kier alpha value is -1.14. The lowest BCUT2D eigenvalue weighted by molar-refractivity contribution is -0.152. The molecule has 1 aliphatic heterocycles. The molecule has 0 spiro atoms. The van der Waals surface area contributed by atoms with Crippen molar-refractivity contribution in [2.75, 3.05) is 19.8 Å². The Morgan fingerprint density at radius 3 is 3.07 bits per heavy atom. The normalized spacial score (nSPS) is 21.5. The molecule has 1 amide bonds. The monoisotopic (exact) mass is 202 g/mol. The minimum Gasteiger partial charge on any atom is -0.464 e. The summed E-state index contributed by atoms with van der Waals surface area (Å²) in [6.07, 6.45) is 0.0139. The molecule has 1 saturated heterocycles. The standard InChI is InChI=1S/C8H14N2O4/c1-2-13-8(12)5-14-6-3-7(11)10-9-4-6/h6,9H,2-5H2,1H3,(H,10,11). The first kappa shape index (κ1) is 10.9. The van der Waals surface area contributed by atoms with Gasteiger partial charge in [-0.1, -0.05) is 0 Å². The molecule has 0 saturated carbocycles. The second kappa shape index (κ2) is 5.56. The van der Waals surface area contributed by atoms with Crippen LogP contribution in [0.2, 0.25) is 0 Å². The molecule has 6 heteroatoms. The molecule has 1 aliphatic rings. The summed E-state index contributed by atoms with van der Waals surface area (Å²) in [4.78, 5) is 21.8.